The average molecular weight is 343 g/mol. The van der Waals surface area contributed by atoms with E-state index in [2.05, 4.69) is 15.3 Å². The van der Waals surface area contributed by atoms with Crippen molar-refractivity contribution in [2.24, 2.45) is 0 Å². The van der Waals surface area contributed by atoms with Crippen molar-refractivity contribution in [2.75, 3.05) is 11.9 Å². The fourth-order valence-corrected chi connectivity index (χ4v) is 2.75. The minimum absolute atomic E-state index is 0.225. The van der Waals surface area contributed by atoms with Crippen LogP contribution in [-0.4, -0.2) is 60.7 Å². The molecule has 0 aromatic carbocycles. The summed E-state index contributed by atoms with van der Waals surface area (Å²) in [6.45, 7) is 0.899. The zero-order valence-electron chi connectivity index (χ0n) is 12.0. The van der Waals surface area contributed by atoms with Crippen LogP contribution in [0.2, 0.25) is 5.02 Å². The van der Waals surface area contributed by atoms with E-state index in [1.807, 2.05) is 0 Å². The molecule has 1 saturated heterocycles. The van der Waals surface area contributed by atoms with Gasteiger partial charge in [0.1, 0.15) is 29.6 Å². The third kappa shape index (κ3) is 2.77. The quantitative estimate of drug-likeness (QED) is 0.600. The van der Waals surface area contributed by atoms with E-state index in [0.29, 0.717) is 5.52 Å². The molecule has 0 saturated carbocycles. The maximum Gasteiger partial charge on any atom is 0.222 e. The number of aromatic nitrogens is 3. The van der Waals surface area contributed by atoms with Crippen LogP contribution >= 0.6 is 11.6 Å². The van der Waals surface area contributed by atoms with Crippen molar-refractivity contribution in [3.05, 3.63) is 17.4 Å². The molecule has 1 aliphatic rings. The molecule has 1 aliphatic heterocycles. The molecular weight excluding hydrogens is 328 g/mol. The second kappa shape index (κ2) is 6.02. The molecule has 2 aromatic heterocycles. The number of imidazole rings is 1. The summed E-state index contributed by atoms with van der Waals surface area (Å²) in [5, 5.41) is 31.9. The van der Waals surface area contributed by atoms with Gasteiger partial charge >= 0.3 is 0 Å². The fraction of sp³-hybridized carbons (Fsp3) is 0.462. The molecular formula is C13H15ClN4O5. The van der Waals surface area contributed by atoms with Crippen molar-refractivity contribution in [3.63, 3.8) is 0 Å². The van der Waals surface area contributed by atoms with E-state index in [9.17, 15) is 15.0 Å². The number of anilines is 1. The van der Waals surface area contributed by atoms with E-state index in [1.165, 1.54) is 23.9 Å². The number of aliphatic hydroxyl groups is 3. The summed E-state index contributed by atoms with van der Waals surface area (Å²) in [7, 11) is 0. The molecule has 1 amide bonds. The number of pyridine rings is 1. The Bertz CT molecular complexity index is 751. The highest BCUT2D eigenvalue weighted by Gasteiger charge is 2.44. The molecule has 4 atom stereocenters. The summed E-state index contributed by atoms with van der Waals surface area (Å²) < 4.78 is 6.85. The van der Waals surface area contributed by atoms with Gasteiger partial charge in [0.2, 0.25) is 5.91 Å². The molecule has 3 heterocycles. The Morgan fingerprint density at radius 1 is 1.48 bits per heavy atom. The Labute approximate surface area is 135 Å². The van der Waals surface area contributed by atoms with Crippen LogP contribution in [-0.2, 0) is 9.53 Å². The lowest BCUT2D eigenvalue weighted by molar-refractivity contribution is -0.114. The molecule has 0 aliphatic carbocycles. The van der Waals surface area contributed by atoms with Crippen LogP contribution in [0.3, 0.4) is 0 Å². The predicted octanol–water partition coefficient (Wildman–Crippen LogP) is -0.345. The van der Waals surface area contributed by atoms with Gasteiger partial charge in [-0.3, -0.25) is 9.36 Å². The van der Waals surface area contributed by atoms with Gasteiger partial charge in [-0.25, -0.2) is 9.97 Å². The number of fused-ring (bicyclic) bond motifs is 1. The summed E-state index contributed by atoms with van der Waals surface area (Å²) in [5.74, 6) is -0.0876. The van der Waals surface area contributed by atoms with E-state index in [4.69, 9.17) is 21.4 Å². The monoisotopic (exact) mass is 342 g/mol. The first-order valence-corrected chi connectivity index (χ1v) is 7.23. The lowest BCUT2D eigenvalue weighted by Gasteiger charge is -2.16. The lowest BCUT2D eigenvalue weighted by atomic mass is 10.1. The van der Waals surface area contributed by atoms with Crippen LogP contribution in [0.1, 0.15) is 13.2 Å². The molecule has 0 spiro atoms. The third-order valence-corrected chi connectivity index (χ3v) is 3.87. The predicted molar refractivity (Wildman–Crippen MR) is 79.9 cm³/mol. The zero-order valence-corrected chi connectivity index (χ0v) is 12.8. The number of hydrogen-bond acceptors (Lipinski definition) is 7. The van der Waals surface area contributed by atoms with E-state index in [1.54, 1.807) is 0 Å². The molecule has 9 nitrogen and oxygen atoms in total. The molecule has 2 aromatic rings. The van der Waals surface area contributed by atoms with Crippen molar-refractivity contribution >= 4 is 34.5 Å². The van der Waals surface area contributed by atoms with Gasteiger partial charge in [-0.2, -0.15) is 0 Å². The Hall–Kier alpha value is -1.78. The van der Waals surface area contributed by atoms with Crippen molar-refractivity contribution < 1.29 is 24.9 Å². The van der Waals surface area contributed by atoms with Gasteiger partial charge in [0.15, 0.2) is 11.9 Å². The number of amides is 1. The van der Waals surface area contributed by atoms with Crippen LogP contribution in [0.25, 0.3) is 11.2 Å². The smallest absolute Gasteiger partial charge is 0.222 e. The molecule has 1 fully saturated rings. The Morgan fingerprint density at radius 2 is 2.22 bits per heavy atom. The average Bonchev–Trinajstić information content (AvgIpc) is 3.01. The fourth-order valence-electron chi connectivity index (χ4n) is 2.51. The molecule has 3 rings (SSSR count). The molecule has 4 N–H and O–H groups in total. The van der Waals surface area contributed by atoms with Crippen LogP contribution in [0.5, 0.6) is 0 Å². The normalized spacial score (nSPS) is 27.5. The molecule has 10 heteroatoms. The van der Waals surface area contributed by atoms with Gasteiger partial charge in [-0.1, -0.05) is 11.6 Å². The first kappa shape index (κ1) is 16.1. The minimum Gasteiger partial charge on any atom is -0.394 e. The van der Waals surface area contributed by atoms with E-state index < -0.39 is 31.1 Å². The van der Waals surface area contributed by atoms with E-state index in [-0.39, 0.29) is 22.4 Å². The summed E-state index contributed by atoms with van der Waals surface area (Å²) >= 11 is 6.13. The number of halogens is 1. The molecule has 124 valence electrons. The van der Waals surface area contributed by atoms with Crippen molar-refractivity contribution in [1.82, 2.24) is 14.5 Å². The number of carbonyl (C=O) groups excluding carboxylic acids is 1. The highest BCUT2D eigenvalue weighted by atomic mass is 35.5. The molecule has 0 radical (unpaired) electrons. The number of nitrogens with one attached hydrogen (secondary N) is 1. The number of carbonyl (C=O) groups is 1. The number of nitrogens with zero attached hydrogens (tertiary/aromatic N) is 3. The Kier molecular flexibility index (Phi) is 4.21. The topological polar surface area (TPSA) is 130 Å². The second-order valence-electron chi connectivity index (χ2n) is 5.22. The number of hydrogen-bond donors (Lipinski definition) is 4. The third-order valence-electron chi connectivity index (χ3n) is 3.58. The van der Waals surface area contributed by atoms with Gasteiger partial charge < -0.3 is 25.4 Å². The second-order valence-corrected chi connectivity index (χ2v) is 5.63. The van der Waals surface area contributed by atoms with Gasteiger partial charge in [-0.15, -0.1) is 0 Å². The van der Waals surface area contributed by atoms with Crippen LogP contribution in [0, 0.1) is 0 Å². The van der Waals surface area contributed by atoms with Crippen molar-refractivity contribution in [3.8, 4) is 0 Å². The maximum atomic E-state index is 11.2. The van der Waals surface area contributed by atoms with Crippen molar-refractivity contribution in [2.45, 2.75) is 31.5 Å². The largest absolute Gasteiger partial charge is 0.394 e. The number of rotatable bonds is 3. The molecule has 0 bridgehead atoms. The molecule has 4 unspecified atom stereocenters. The lowest BCUT2D eigenvalue weighted by Crippen LogP contribution is -2.33. The van der Waals surface area contributed by atoms with Crippen molar-refractivity contribution in [1.29, 1.82) is 0 Å². The summed E-state index contributed by atoms with van der Waals surface area (Å²) in [6.07, 6.45) is -3.04. The van der Waals surface area contributed by atoms with Gasteiger partial charge in [0, 0.05) is 13.0 Å². The highest BCUT2D eigenvalue weighted by molar-refractivity contribution is 6.35. The highest BCUT2D eigenvalue weighted by Crippen LogP contribution is 2.33. The first-order valence-electron chi connectivity index (χ1n) is 6.85. The standard InChI is InChI=1S/C13H15ClN4O5/c1-5(20)16-8-2-6(14)9-12(17-8)18(4-15-9)13-11(22)10(21)7(3-19)23-13/h2,4,7,10-11,13,19,21-22H,3H2,1H3,(H,16,17,20). The van der Waals surface area contributed by atoms with Gasteiger partial charge in [-0.05, 0) is 0 Å². The van der Waals surface area contributed by atoms with Crippen LogP contribution in [0.4, 0.5) is 5.82 Å². The minimum atomic E-state index is -1.27. The van der Waals surface area contributed by atoms with E-state index in [0.717, 1.165) is 0 Å². The number of ether oxygens (including phenoxy) is 1. The van der Waals surface area contributed by atoms with Gasteiger partial charge in [0.05, 0.1) is 18.0 Å². The SMILES string of the molecule is CC(=O)Nc1cc(Cl)c2ncn(C3OC(CO)C(O)C3O)c2n1. The maximum absolute atomic E-state index is 11.2. The number of aliphatic hydroxyl groups excluding tert-OH is 3. The Morgan fingerprint density at radius 3 is 2.83 bits per heavy atom. The van der Waals surface area contributed by atoms with Gasteiger partial charge in [0.25, 0.3) is 0 Å². The molecule has 23 heavy (non-hydrogen) atoms. The summed E-state index contributed by atoms with van der Waals surface area (Å²) in [4.78, 5) is 19.5. The first-order chi connectivity index (χ1) is 10.9. The van der Waals surface area contributed by atoms with Crippen LogP contribution in [0.15, 0.2) is 12.4 Å². The summed E-state index contributed by atoms with van der Waals surface area (Å²) in [6, 6.07) is 1.46. The summed E-state index contributed by atoms with van der Waals surface area (Å²) in [5.41, 5.74) is 0.634. The van der Waals surface area contributed by atoms with Crippen LogP contribution < -0.4 is 5.32 Å². The Balaban J connectivity index is 2.05. The zero-order chi connectivity index (χ0) is 16.7. The van der Waals surface area contributed by atoms with E-state index >= 15 is 0 Å².